The van der Waals surface area contributed by atoms with Gasteiger partial charge in [0, 0.05) is 6.04 Å². The summed E-state index contributed by atoms with van der Waals surface area (Å²) < 4.78 is 0. The van der Waals surface area contributed by atoms with Crippen LogP contribution in [0.2, 0.25) is 0 Å². The summed E-state index contributed by atoms with van der Waals surface area (Å²) in [5, 5.41) is 12.5. The molecule has 0 bridgehead atoms. The Morgan fingerprint density at radius 3 is 2.67 bits per heavy atom. The predicted molar refractivity (Wildman–Crippen MR) is 87.8 cm³/mol. The van der Waals surface area contributed by atoms with Crippen molar-refractivity contribution in [3.8, 4) is 0 Å². The minimum absolute atomic E-state index is 0.0182. The van der Waals surface area contributed by atoms with Crippen molar-refractivity contribution in [3.05, 3.63) is 34.9 Å². The lowest BCUT2D eigenvalue weighted by atomic mass is 9.97. The summed E-state index contributed by atoms with van der Waals surface area (Å²) in [5.74, 6) is -0.730. The molecular weight excluding hydrogens is 262 g/mol. The topological polar surface area (TPSA) is 49.3 Å². The molecule has 0 aliphatic heterocycles. The van der Waals surface area contributed by atoms with E-state index >= 15 is 0 Å². The average Bonchev–Trinajstić information content (AvgIpc) is 2.42. The van der Waals surface area contributed by atoms with E-state index in [-0.39, 0.29) is 12.5 Å². The van der Waals surface area contributed by atoms with E-state index in [1.165, 1.54) is 36.0 Å². The first-order chi connectivity index (χ1) is 10.0. The fourth-order valence-electron chi connectivity index (χ4n) is 2.57. The molecule has 2 N–H and O–H groups in total. The largest absolute Gasteiger partial charge is 0.481 e. The minimum Gasteiger partial charge on any atom is -0.481 e. The number of carboxylic acids is 1. The van der Waals surface area contributed by atoms with E-state index in [1.807, 2.05) is 0 Å². The Kier molecular flexibility index (Phi) is 8.06. The highest BCUT2D eigenvalue weighted by atomic mass is 16.4. The first kappa shape index (κ1) is 17.7. The number of carboxylic acid groups (broad SMARTS) is 1. The van der Waals surface area contributed by atoms with Gasteiger partial charge in [-0.1, -0.05) is 49.9 Å². The molecule has 118 valence electrons. The molecule has 0 amide bonds. The van der Waals surface area contributed by atoms with Crippen molar-refractivity contribution < 1.29 is 9.90 Å². The molecule has 0 spiro atoms. The molecule has 1 aromatic carbocycles. The van der Waals surface area contributed by atoms with Crippen LogP contribution >= 0.6 is 0 Å². The van der Waals surface area contributed by atoms with Crippen LogP contribution in [0.1, 0.15) is 55.7 Å². The van der Waals surface area contributed by atoms with Gasteiger partial charge in [-0.15, -0.1) is 0 Å². The first-order valence-corrected chi connectivity index (χ1v) is 8.04. The zero-order valence-corrected chi connectivity index (χ0v) is 13.6. The quantitative estimate of drug-likeness (QED) is 0.644. The summed E-state index contributed by atoms with van der Waals surface area (Å²) in [4.78, 5) is 11.0. The molecule has 3 nitrogen and oxygen atoms in total. The first-order valence-electron chi connectivity index (χ1n) is 8.04. The number of unbranched alkanes of at least 4 members (excludes halogenated alkanes) is 3. The van der Waals surface area contributed by atoms with E-state index in [2.05, 4.69) is 44.3 Å². The van der Waals surface area contributed by atoms with Gasteiger partial charge >= 0.3 is 5.97 Å². The van der Waals surface area contributed by atoms with Gasteiger partial charge in [0.05, 0.1) is 6.42 Å². The molecule has 0 heterocycles. The van der Waals surface area contributed by atoms with E-state index in [0.29, 0.717) is 0 Å². The molecule has 21 heavy (non-hydrogen) atoms. The van der Waals surface area contributed by atoms with Crippen LogP contribution in [0.4, 0.5) is 0 Å². The van der Waals surface area contributed by atoms with Crippen molar-refractivity contribution in [3.63, 3.8) is 0 Å². The number of rotatable bonds is 10. The van der Waals surface area contributed by atoms with Gasteiger partial charge in [0.25, 0.3) is 0 Å². The van der Waals surface area contributed by atoms with Crippen LogP contribution in [0.5, 0.6) is 0 Å². The molecular formula is C18H29NO2. The lowest BCUT2D eigenvalue weighted by Crippen LogP contribution is -2.34. The second-order valence-corrected chi connectivity index (χ2v) is 5.94. The van der Waals surface area contributed by atoms with Gasteiger partial charge in [0.2, 0.25) is 0 Å². The molecule has 1 unspecified atom stereocenters. The van der Waals surface area contributed by atoms with Crippen molar-refractivity contribution in [2.24, 2.45) is 0 Å². The van der Waals surface area contributed by atoms with E-state index in [0.717, 1.165) is 19.4 Å². The van der Waals surface area contributed by atoms with Crippen molar-refractivity contribution in [2.75, 3.05) is 6.54 Å². The average molecular weight is 291 g/mol. The van der Waals surface area contributed by atoms with Crippen LogP contribution in [0.25, 0.3) is 0 Å². The number of hydrogen-bond donors (Lipinski definition) is 2. The highest BCUT2D eigenvalue weighted by Crippen LogP contribution is 2.14. The Morgan fingerprint density at radius 1 is 1.24 bits per heavy atom. The maximum Gasteiger partial charge on any atom is 0.304 e. The third kappa shape index (κ3) is 7.28. The van der Waals surface area contributed by atoms with E-state index in [4.69, 9.17) is 5.11 Å². The third-order valence-electron chi connectivity index (χ3n) is 3.86. The minimum atomic E-state index is -0.730. The summed E-state index contributed by atoms with van der Waals surface area (Å²) in [5.41, 5.74) is 3.72. The highest BCUT2D eigenvalue weighted by Gasteiger charge is 2.14. The van der Waals surface area contributed by atoms with Crippen LogP contribution in [0.3, 0.4) is 0 Å². The Balaban J connectivity index is 2.56. The molecule has 0 radical (unpaired) electrons. The molecule has 0 fully saturated rings. The highest BCUT2D eigenvalue weighted by molar-refractivity contribution is 5.67. The van der Waals surface area contributed by atoms with Gasteiger partial charge in [-0.25, -0.2) is 0 Å². The zero-order chi connectivity index (χ0) is 15.7. The fraction of sp³-hybridized carbons (Fsp3) is 0.611. The molecule has 1 aromatic rings. The second-order valence-electron chi connectivity index (χ2n) is 5.94. The molecule has 3 heteroatoms. The van der Waals surface area contributed by atoms with Crippen molar-refractivity contribution >= 4 is 5.97 Å². The van der Waals surface area contributed by atoms with Crippen LogP contribution in [0, 0.1) is 13.8 Å². The van der Waals surface area contributed by atoms with Gasteiger partial charge in [0.15, 0.2) is 0 Å². The Hall–Kier alpha value is -1.35. The van der Waals surface area contributed by atoms with Gasteiger partial charge in [-0.05, 0) is 44.4 Å². The van der Waals surface area contributed by atoms with Crippen LogP contribution in [0.15, 0.2) is 18.2 Å². The van der Waals surface area contributed by atoms with Crippen LogP contribution in [-0.2, 0) is 11.2 Å². The number of aryl methyl sites for hydroxylation is 2. The van der Waals surface area contributed by atoms with Crippen molar-refractivity contribution in [2.45, 2.75) is 65.3 Å². The van der Waals surface area contributed by atoms with Crippen LogP contribution < -0.4 is 5.32 Å². The van der Waals surface area contributed by atoms with Gasteiger partial charge in [0.1, 0.15) is 0 Å². The zero-order valence-electron chi connectivity index (χ0n) is 13.6. The molecule has 0 aromatic heterocycles. The standard InChI is InChI=1S/C18H29NO2/c1-4-5-6-7-10-19-17(13-18(20)21)12-16-11-14(2)8-9-15(16)3/h8-9,11,17,19H,4-7,10,12-13H2,1-3H3,(H,20,21). The second kappa shape index (κ2) is 9.56. The predicted octanol–water partition coefficient (Wildman–Crippen LogP) is 3.86. The lowest BCUT2D eigenvalue weighted by molar-refractivity contribution is -0.137. The number of aliphatic carboxylic acids is 1. The SMILES string of the molecule is CCCCCCNC(CC(=O)O)Cc1cc(C)ccc1C. The van der Waals surface area contributed by atoms with E-state index in [1.54, 1.807) is 0 Å². The van der Waals surface area contributed by atoms with E-state index < -0.39 is 5.97 Å². The molecule has 0 aliphatic carbocycles. The van der Waals surface area contributed by atoms with Gasteiger partial charge < -0.3 is 10.4 Å². The van der Waals surface area contributed by atoms with Gasteiger partial charge in [-0.2, -0.15) is 0 Å². The summed E-state index contributed by atoms with van der Waals surface area (Å²) >= 11 is 0. The number of nitrogens with one attached hydrogen (secondary N) is 1. The molecule has 0 saturated heterocycles. The fourth-order valence-corrected chi connectivity index (χ4v) is 2.57. The monoisotopic (exact) mass is 291 g/mol. The Bertz CT molecular complexity index is 443. The third-order valence-corrected chi connectivity index (χ3v) is 3.86. The summed E-state index contributed by atoms with van der Waals surface area (Å²) in [6, 6.07) is 6.40. The normalized spacial score (nSPS) is 12.3. The number of benzene rings is 1. The summed E-state index contributed by atoms with van der Waals surface area (Å²) in [6.45, 7) is 7.27. The number of carbonyl (C=O) groups is 1. The maximum absolute atomic E-state index is 11.0. The molecule has 1 rings (SSSR count). The van der Waals surface area contributed by atoms with Crippen LogP contribution in [-0.4, -0.2) is 23.7 Å². The molecule has 0 aliphatic rings. The summed E-state index contributed by atoms with van der Waals surface area (Å²) in [7, 11) is 0. The van der Waals surface area contributed by atoms with Crippen molar-refractivity contribution in [1.82, 2.24) is 5.32 Å². The molecule has 1 atom stereocenters. The smallest absolute Gasteiger partial charge is 0.304 e. The number of hydrogen-bond acceptors (Lipinski definition) is 2. The Morgan fingerprint density at radius 2 is 2.00 bits per heavy atom. The van der Waals surface area contributed by atoms with Crippen molar-refractivity contribution in [1.29, 1.82) is 0 Å². The maximum atomic E-state index is 11.0. The lowest BCUT2D eigenvalue weighted by Gasteiger charge is -2.18. The van der Waals surface area contributed by atoms with E-state index in [9.17, 15) is 4.79 Å². The van der Waals surface area contributed by atoms with Gasteiger partial charge in [-0.3, -0.25) is 4.79 Å². The summed E-state index contributed by atoms with van der Waals surface area (Å²) in [6.07, 6.45) is 5.78. The Labute approximate surface area is 128 Å². The molecule has 0 saturated carbocycles.